The van der Waals surface area contributed by atoms with Crippen molar-refractivity contribution in [3.63, 3.8) is 0 Å². The maximum Gasteiger partial charge on any atom is 0.255 e. The molecular formula is C15H16N2O2. The summed E-state index contributed by atoms with van der Waals surface area (Å²) >= 11 is 0. The number of hydrogen-bond acceptors (Lipinski definition) is 3. The molecule has 0 fully saturated rings. The van der Waals surface area contributed by atoms with Crippen molar-refractivity contribution >= 4 is 5.91 Å². The molecule has 19 heavy (non-hydrogen) atoms. The molecule has 1 aromatic carbocycles. The highest BCUT2D eigenvalue weighted by Gasteiger charge is 2.11. The Labute approximate surface area is 112 Å². The Kier molecular flexibility index (Phi) is 4.50. The number of para-hydroxylation sites is 1. The molecule has 1 amide bonds. The smallest absolute Gasteiger partial charge is 0.255 e. The number of nitrogens with zero attached hydrogens (tertiary/aromatic N) is 2. The molecule has 0 saturated heterocycles. The number of aromatic nitrogens is 1. The fraction of sp³-hybridized carbons (Fsp3) is 0.200. The molecule has 0 N–H and O–H groups in total. The summed E-state index contributed by atoms with van der Waals surface area (Å²) in [5.74, 6) is 0.759. The topological polar surface area (TPSA) is 42.4 Å². The molecule has 0 bridgehead atoms. The second kappa shape index (κ2) is 6.54. The van der Waals surface area contributed by atoms with Gasteiger partial charge in [-0.1, -0.05) is 18.2 Å². The predicted molar refractivity (Wildman–Crippen MR) is 73.1 cm³/mol. The third-order valence-corrected chi connectivity index (χ3v) is 2.69. The molecule has 0 aliphatic rings. The van der Waals surface area contributed by atoms with Crippen LogP contribution in [0.1, 0.15) is 10.4 Å². The molecule has 1 aromatic heterocycles. The number of carbonyl (C=O) groups excluding carboxylic acids is 1. The van der Waals surface area contributed by atoms with Gasteiger partial charge in [-0.15, -0.1) is 0 Å². The Hall–Kier alpha value is -2.36. The lowest BCUT2D eigenvalue weighted by Gasteiger charge is -2.17. The van der Waals surface area contributed by atoms with Gasteiger partial charge in [0.2, 0.25) is 0 Å². The maximum atomic E-state index is 12.0. The normalized spacial score (nSPS) is 9.95. The van der Waals surface area contributed by atoms with Gasteiger partial charge in [0.15, 0.2) is 0 Å². The zero-order chi connectivity index (χ0) is 13.5. The van der Waals surface area contributed by atoms with Gasteiger partial charge in [0, 0.05) is 19.4 Å². The standard InChI is InChI=1S/C15H16N2O2/c1-17(15(18)13-6-5-9-16-12-13)10-11-19-14-7-3-2-4-8-14/h2-9,12H,10-11H2,1H3. The summed E-state index contributed by atoms with van der Waals surface area (Å²) in [5.41, 5.74) is 0.588. The molecular weight excluding hydrogens is 240 g/mol. The van der Waals surface area contributed by atoms with E-state index in [9.17, 15) is 4.79 Å². The number of hydrogen-bond donors (Lipinski definition) is 0. The van der Waals surface area contributed by atoms with Gasteiger partial charge in [-0.3, -0.25) is 9.78 Å². The van der Waals surface area contributed by atoms with E-state index in [1.54, 1.807) is 36.5 Å². The predicted octanol–water partition coefficient (Wildman–Crippen LogP) is 2.23. The van der Waals surface area contributed by atoms with Crippen LogP contribution in [0.2, 0.25) is 0 Å². The van der Waals surface area contributed by atoms with Crippen molar-refractivity contribution in [1.29, 1.82) is 0 Å². The Balaban J connectivity index is 1.82. The van der Waals surface area contributed by atoms with Crippen molar-refractivity contribution in [3.8, 4) is 5.75 Å². The van der Waals surface area contributed by atoms with Gasteiger partial charge in [0.05, 0.1) is 12.1 Å². The Morgan fingerprint density at radius 2 is 2.00 bits per heavy atom. The number of rotatable bonds is 5. The molecule has 0 aliphatic carbocycles. The summed E-state index contributed by atoms with van der Waals surface area (Å²) < 4.78 is 5.55. The minimum Gasteiger partial charge on any atom is -0.492 e. The van der Waals surface area contributed by atoms with Gasteiger partial charge in [0.1, 0.15) is 12.4 Å². The van der Waals surface area contributed by atoms with Crippen LogP contribution >= 0.6 is 0 Å². The van der Waals surface area contributed by atoms with Crippen LogP contribution in [0, 0.1) is 0 Å². The number of likely N-dealkylation sites (N-methyl/N-ethyl adjacent to an activating group) is 1. The van der Waals surface area contributed by atoms with Crippen molar-refractivity contribution in [2.24, 2.45) is 0 Å². The molecule has 98 valence electrons. The van der Waals surface area contributed by atoms with Crippen LogP contribution in [-0.4, -0.2) is 36.0 Å². The van der Waals surface area contributed by atoms with Crippen LogP contribution in [0.25, 0.3) is 0 Å². The second-order valence-electron chi connectivity index (χ2n) is 4.13. The largest absolute Gasteiger partial charge is 0.492 e. The molecule has 2 rings (SSSR count). The minimum atomic E-state index is -0.0511. The van der Waals surface area contributed by atoms with Crippen molar-refractivity contribution < 1.29 is 9.53 Å². The van der Waals surface area contributed by atoms with Crippen LogP contribution in [0.4, 0.5) is 0 Å². The molecule has 2 aromatic rings. The summed E-state index contributed by atoms with van der Waals surface area (Å²) in [4.78, 5) is 17.6. The summed E-state index contributed by atoms with van der Waals surface area (Å²) in [6, 6.07) is 13.1. The third-order valence-electron chi connectivity index (χ3n) is 2.69. The van der Waals surface area contributed by atoms with E-state index in [0.717, 1.165) is 5.75 Å². The van der Waals surface area contributed by atoms with E-state index in [-0.39, 0.29) is 5.91 Å². The SMILES string of the molecule is CN(CCOc1ccccc1)C(=O)c1cccnc1. The van der Waals surface area contributed by atoms with Crippen molar-refractivity contribution in [2.45, 2.75) is 0 Å². The van der Waals surface area contributed by atoms with Crippen molar-refractivity contribution in [3.05, 3.63) is 60.4 Å². The van der Waals surface area contributed by atoms with E-state index in [0.29, 0.717) is 18.7 Å². The number of pyridine rings is 1. The van der Waals surface area contributed by atoms with Gasteiger partial charge in [-0.25, -0.2) is 0 Å². The van der Waals surface area contributed by atoms with Crippen molar-refractivity contribution in [2.75, 3.05) is 20.2 Å². The van der Waals surface area contributed by atoms with Gasteiger partial charge < -0.3 is 9.64 Å². The zero-order valence-corrected chi connectivity index (χ0v) is 10.8. The zero-order valence-electron chi connectivity index (χ0n) is 10.8. The lowest BCUT2D eigenvalue weighted by atomic mass is 10.2. The highest BCUT2D eigenvalue weighted by atomic mass is 16.5. The van der Waals surface area contributed by atoms with E-state index in [2.05, 4.69) is 4.98 Å². The molecule has 0 aliphatic heterocycles. The number of ether oxygens (including phenoxy) is 1. The average molecular weight is 256 g/mol. The quantitative estimate of drug-likeness (QED) is 0.824. The molecule has 0 unspecified atom stereocenters. The molecule has 0 radical (unpaired) electrons. The van der Waals surface area contributed by atoms with Crippen LogP contribution in [0.5, 0.6) is 5.75 Å². The highest BCUT2D eigenvalue weighted by Crippen LogP contribution is 2.08. The number of amides is 1. The fourth-order valence-corrected chi connectivity index (χ4v) is 1.63. The minimum absolute atomic E-state index is 0.0511. The van der Waals surface area contributed by atoms with Crippen LogP contribution in [0.15, 0.2) is 54.9 Å². The van der Waals surface area contributed by atoms with Gasteiger partial charge in [-0.2, -0.15) is 0 Å². The first-order valence-corrected chi connectivity index (χ1v) is 6.11. The first-order chi connectivity index (χ1) is 9.27. The van der Waals surface area contributed by atoms with E-state index < -0.39 is 0 Å². The molecule has 4 nitrogen and oxygen atoms in total. The first kappa shape index (κ1) is 13.1. The lowest BCUT2D eigenvalue weighted by Crippen LogP contribution is -2.30. The van der Waals surface area contributed by atoms with Crippen molar-refractivity contribution in [1.82, 2.24) is 9.88 Å². The van der Waals surface area contributed by atoms with Crippen LogP contribution in [0.3, 0.4) is 0 Å². The van der Waals surface area contributed by atoms with Crippen LogP contribution in [-0.2, 0) is 0 Å². The molecule has 0 atom stereocenters. The maximum absolute atomic E-state index is 12.0. The number of carbonyl (C=O) groups is 1. The summed E-state index contributed by atoms with van der Waals surface area (Å²) in [6.07, 6.45) is 3.21. The first-order valence-electron chi connectivity index (χ1n) is 6.11. The van der Waals surface area contributed by atoms with E-state index in [4.69, 9.17) is 4.74 Å². The Morgan fingerprint density at radius 1 is 1.21 bits per heavy atom. The molecule has 0 saturated carbocycles. The second-order valence-corrected chi connectivity index (χ2v) is 4.13. The average Bonchev–Trinajstić information content (AvgIpc) is 2.48. The van der Waals surface area contributed by atoms with E-state index in [1.165, 1.54) is 0 Å². The van der Waals surface area contributed by atoms with Gasteiger partial charge in [0.25, 0.3) is 5.91 Å². The van der Waals surface area contributed by atoms with Gasteiger partial charge >= 0.3 is 0 Å². The molecule has 4 heteroatoms. The Bertz CT molecular complexity index is 514. The molecule has 1 heterocycles. The third kappa shape index (κ3) is 3.81. The summed E-state index contributed by atoms with van der Waals surface area (Å²) in [5, 5.41) is 0. The monoisotopic (exact) mass is 256 g/mol. The van der Waals surface area contributed by atoms with E-state index in [1.807, 2.05) is 30.3 Å². The van der Waals surface area contributed by atoms with E-state index >= 15 is 0 Å². The summed E-state index contributed by atoms with van der Waals surface area (Å²) in [7, 11) is 1.75. The lowest BCUT2D eigenvalue weighted by molar-refractivity contribution is 0.0773. The number of benzene rings is 1. The summed E-state index contributed by atoms with van der Waals surface area (Å²) in [6.45, 7) is 0.995. The molecule has 0 spiro atoms. The van der Waals surface area contributed by atoms with Gasteiger partial charge in [-0.05, 0) is 24.3 Å². The fourth-order valence-electron chi connectivity index (χ4n) is 1.63. The van der Waals surface area contributed by atoms with Crippen LogP contribution < -0.4 is 4.74 Å². The Morgan fingerprint density at radius 3 is 2.68 bits per heavy atom. The highest BCUT2D eigenvalue weighted by molar-refractivity contribution is 5.93.